The van der Waals surface area contributed by atoms with Crippen LogP contribution in [-0.4, -0.2) is 206 Å². The zero-order chi connectivity index (χ0) is 80.0. The molecular formula is C80H112N12O15S2+2. The van der Waals surface area contributed by atoms with E-state index in [0.717, 1.165) is 86.2 Å². The van der Waals surface area contributed by atoms with Gasteiger partial charge in [-0.05, 0) is 158 Å². The number of aromatic hydroxyl groups is 1. The number of carbonyl (C=O) groups is 7. The second kappa shape index (κ2) is 36.4. The average molecular weight is 1550 g/mol. The molecule has 5 amide bonds. The van der Waals surface area contributed by atoms with E-state index in [-0.39, 0.29) is 78.6 Å². The molecule has 592 valence electrons. The third kappa shape index (κ3) is 24.0. The molecule has 0 spiro atoms. The molecule has 4 aromatic carbocycles. The molecule has 109 heavy (non-hydrogen) atoms. The number of unbranched alkanes of at least 4 members (excludes halogenated alkanes) is 1. The summed E-state index contributed by atoms with van der Waals surface area (Å²) in [5, 5.41) is 32.8. The van der Waals surface area contributed by atoms with Gasteiger partial charge in [-0.15, -0.1) is 0 Å². The van der Waals surface area contributed by atoms with Crippen LogP contribution >= 0.6 is 0 Å². The zero-order valence-electron chi connectivity index (χ0n) is 64.8. The van der Waals surface area contributed by atoms with Gasteiger partial charge in [0, 0.05) is 91.9 Å². The van der Waals surface area contributed by atoms with E-state index >= 15 is 0 Å². The highest BCUT2D eigenvalue weighted by Gasteiger charge is 2.45. The SMILES string of the molecule is CC1(C)/C(=C\C=C2/CCCC(/C=C/C3N(CCC[N+](C)(C)C)c4ccc(S(=O)(=O)O)cc4C3(C)C)=C2Oc2ccc(CCC(=O)NCCCC[C@@H]3CC(=O)[C@@H](Cc4ccc(O)cc4)NC(=O)C(CC(=O)O)NC(=O)CNC(=O)C(CCCN=C(N)N)NC3=O)cc2)N(CCC[N+](C)(C)C)c2ccc(S(C)(=O)=O)cc21. The third-order valence-electron chi connectivity index (χ3n) is 20.5. The van der Waals surface area contributed by atoms with Crippen molar-refractivity contribution < 1.29 is 78.9 Å². The molecule has 27 nitrogen and oxygen atoms in total. The van der Waals surface area contributed by atoms with Crippen molar-refractivity contribution in [2.45, 2.75) is 169 Å². The molecule has 29 heteroatoms. The van der Waals surface area contributed by atoms with Gasteiger partial charge in [0.15, 0.2) is 21.6 Å². The quantitative estimate of drug-likeness (QED) is 0.00841. The van der Waals surface area contributed by atoms with Crippen LogP contribution in [0.2, 0.25) is 0 Å². The van der Waals surface area contributed by atoms with Crippen molar-refractivity contribution >= 4 is 78.6 Å². The van der Waals surface area contributed by atoms with Gasteiger partial charge in [0.05, 0.1) is 90.2 Å². The number of allylic oxidation sites excluding steroid dienone is 6. The molecular weight excluding hydrogens is 1430 g/mol. The number of carbonyl (C=O) groups excluding carboxylic acids is 6. The van der Waals surface area contributed by atoms with Crippen LogP contribution in [0.25, 0.3) is 0 Å². The molecule has 4 aliphatic rings. The van der Waals surface area contributed by atoms with E-state index in [9.17, 15) is 65.2 Å². The second-order valence-corrected chi connectivity index (χ2v) is 35.6. The normalized spacial score (nSPS) is 20.9. The number of aliphatic imine (C=N–C) groups is 1. The number of fused-ring (bicyclic) bond motifs is 2. The maximum absolute atomic E-state index is 14.5. The van der Waals surface area contributed by atoms with Crippen molar-refractivity contribution in [2.75, 3.05) is 104 Å². The summed E-state index contributed by atoms with van der Waals surface area (Å²) in [7, 11) is 4.92. The van der Waals surface area contributed by atoms with Crippen LogP contribution in [-0.2, 0) is 77.2 Å². The molecule has 3 aliphatic heterocycles. The topological polar surface area (TPSA) is 389 Å². The molecule has 4 aromatic rings. The van der Waals surface area contributed by atoms with Gasteiger partial charge in [-0.3, -0.25) is 43.1 Å². The Morgan fingerprint density at radius 3 is 2.02 bits per heavy atom. The summed E-state index contributed by atoms with van der Waals surface area (Å²) in [6, 6.07) is 19.2. The molecule has 0 radical (unpaired) electrons. The summed E-state index contributed by atoms with van der Waals surface area (Å²) in [4.78, 5) is 104. The summed E-state index contributed by atoms with van der Waals surface area (Å²) in [5.41, 5.74) is 17.7. The second-order valence-electron chi connectivity index (χ2n) is 32.1. The number of hydrogen-bond donors (Lipinski definition) is 10. The number of guanidine groups is 1. The minimum atomic E-state index is -4.50. The minimum Gasteiger partial charge on any atom is -0.508 e. The predicted molar refractivity (Wildman–Crippen MR) is 420 cm³/mol. The lowest BCUT2D eigenvalue weighted by molar-refractivity contribution is -0.870. The van der Waals surface area contributed by atoms with Gasteiger partial charge in [-0.25, -0.2) is 8.42 Å². The van der Waals surface area contributed by atoms with Crippen molar-refractivity contribution in [2.24, 2.45) is 22.4 Å². The number of amides is 5. The summed E-state index contributed by atoms with van der Waals surface area (Å²) in [6.07, 6.45) is 13.8. The van der Waals surface area contributed by atoms with Crippen LogP contribution in [0, 0.1) is 5.92 Å². The zero-order valence-corrected chi connectivity index (χ0v) is 66.4. The van der Waals surface area contributed by atoms with E-state index in [0.29, 0.717) is 62.3 Å². The Morgan fingerprint density at radius 1 is 0.725 bits per heavy atom. The Hall–Kier alpha value is -9.42. The molecule has 8 rings (SSSR count). The predicted octanol–water partition coefficient (Wildman–Crippen LogP) is 6.53. The third-order valence-corrected chi connectivity index (χ3v) is 22.4. The van der Waals surface area contributed by atoms with Gasteiger partial charge in [0.2, 0.25) is 29.5 Å². The monoisotopic (exact) mass is 1540 g/mol. The summed E-state index contributed by atoms with van der Waals surface area (Å²) < 4.78 is 70.0. The smallest absolute Gasteiger partial charge is 0.305 e. The number of phenolic OH excluding ortho intramolecular Hbond substituents is 1. The molecule has 0 bridgehead atoms. The van der Waals surface area contributed by atoms with Crippen LogP contribution < -0.4 is 52.6 Å². The number of quaternary nitrogens is 2. The molecule has 1 saturated heterocycles. The highest BCUT2D eigenvalue weighted by Crippen LogP contribution is 2.50. The maximum atomic E-state index is 14.5. The Labute approximate surface area is 641 Å². The lowest BCUT2D eigenvalue weighted by Crippen LogP contribution is -2.54. The molecule has 0 saturated carbocycles. The first-order valence-corrected chi connectivity index (χ1v) is 40.6. The molecule has 1 aliphatic carbocycles. The van der Waals surface area contributed by atoms with Crippen LogP contribution in [0.4, 0.5) is 11.4 Å². The number of aryl methyl sites for hydroxylation is 1. The van der Waals surface area contributed by atoms with Crippen LogP contribution in [0.15, 0.2) is 147 Å². The first-order chi connectivity index (χ1) is 51.1. The number of ether oxygens (including phenoxy) is 1. The highest BCUT2D eigenvalue weighted by molar-refractivity contribution is 7.90. The number of nitrogens with two attached hydrogens (primary N) is 2. The molecule has 5 atom stereocenters. The van der Waals surface area contributed by atoms with E-state index in [1.54, 1.807) is 18.2 Å². The van der Waals surface area contributed by atoms with Crippen LogP contribution in [0.1, 0.15) is 133 Å². The lowest BCUT2D eigenvalue weighted by atomic mass is 9.80. The fourth-order valence-electron chi connectivity index (χ4n) is 14.5. The number of aliphatic carboxylic acids is 1. The number of hydrogen-bond acceptors (Lipinski definition) is 16. The lowest BCUT2D eigenvalue weighted by Gasteiger charge is -2.33. The average Bonchev–Trinajstić information content (AvgIpc) is 1.59. The first-order valence-electron chi connectivity index (χ1n) is 37.3. The molecule has 3 heterocycles. The highest BCUT2D eigenvalue weighted by atomic mass is 32.2. The number of carboxylic acids is 1. The number of carboxylic acid groups (broad SMARTS) is 1. The Kier molecular flexibility index (Phi) is 28.5. The van der Waals surface area contributed by atoms with E-state index in [4.69, 9.17) is 16.2 Å². The standard InChI is InChI=1S/C80H110N12O15S2/c1-79(2)61-48-59(108(11,102)103)33-35-66(61)89(42-16-44-91(5,6)7)69(79)37-27-54-19-14-20-55(28-38-70-80(3,4)62-49-60(109(104,105)106)34-36-67(62)90(70)43-17-45-92(8,9)10)74(54)107-58-31-24-52(25-32-58)26-39-71(95)83-40-13-12-18-56-47-68(94)64(46-53-22-29-57(93)30-23-53)88-77(101)65(50-73(97)98)86-72(96)51-85-76(100)63(87-75(56)99)21-15-41-84-78(81)82/h22-25,27-38,48-49,56,63-65,70H,12-21,26,39-47,50-51H2,1-11H3,(H10-2,81,82,83,84,85,86,87,88,93,95,96,97,98,99,100,101,104,105,106)/p+2/b38-28+,54-27+,69-37+/t56-,63?,64-,65?,70?/m1/s1. The molecule has 12 N–H and O–H groups in total. The van der Waals surface area contributed by atoms with E-state index in [1.807, 2.05) is 36.4 Å². The number of nitrogens with one attached hydrogen (secondary N) is 5. The molecule has 3 unspecified atom stereocenters. The van der Waals surface area contributed by atoms with Crippen LogP contribution in [0.3, 0.4) is 0 Å². The summed E-state index contributed by atoms with van der Waals surface area (Å²) in [5.74, 6) is -5.69. The van der Waals surface area contributed by atoms with Gasteiger partial charge in [-0.2, -0.15) is 8.42 Å². The van der Waals surface area contributed by atoms with E-state index < -0.39 is 110 Å². The van der Waals surface area contributed by atoms with E-state index in [2.05, 4.69) is 136 Å². The van der Waals surface area contributed by atoms with Gasteiger partial charge < -0.3 is 71.8 Å². The Balaban J connectivity index is 1.02. The van der Waals surface area contributed by atoms with Gasteiger partial charge >= 0.3 is 5.97 Å². The van der Waals surface area contributed by atoms with Crippen LogP contribution in [0.5, 0.6) is 11.5 Å². The number of phenols is 1. The van der Waals surface area contributed by atoms with Gasteiger partial charge in [-0.1, -0.05) is 76.6 Å². The van der Waals surface area contributed by atoms with Crippen molar-refractivity contribution in [1.82, 2.24) is 26.6 Å². The summed E-state index contributed by atoms with van der Waals surface area (Å²) in [6.45, 7) is 11.3. The van der Waals surface area contributed by atoms with E-state index in [1.165, 1.54) is 36.6 Å². The number of rotatable bonds is 31. The number of Topliss-reactive ketones (excluding diaryl/α,β-unsaturated/α-hetero) is 1. The van der Waals surface area contributed by atoms with Crippen molar-refractivity contribution in [3.63, 3.8) is 0 Å². The molecule has 0 aromatic heterocycles. The number of benzene rings is 4. The number of ketones is 1. The fraction of sp³-hybridized carbons (Fsp3) is 0.500. The maximum Gasteiger partial charge on any atom is 0.305 e. The number of nitrogens with zero attached hydrogens (tertiary/aromatic N) is 5. The Bertz CT molecular complexity index is 4400. The van der Waals surface area contributed by atoms with Crippen molar-refractivity contribution in [3.8, 4) is 11.5 Å². The largest absolute Gasteiger partial charge is 0.508 e. The first kappa shape index (κ1) is 85.2. The molecule has 1 fully saturated rings. The minimum absolute atomic E-state index is 0.0115. The Morgan fingerprint density at radius 2 is 1.37 bits per heavy atom. The number of anilines is 2. The summed E-state index contributed by atoms with van der Waals surface area (Å²) >= 11 is 0. The van der Waals surface area contributed by atoms with Crippen molar-refractivity contribution in [1.29, 1.82) is 0 Å². The van der Waals surface area contributed by atoms with Gasteiger partial charge in [0.1, 0.15) is 29.3 Å². The number of sulfone groups is 1. The van der Waals surface area contributed by atoms with Gasteiger partial charge in [0.25, 0.3) is 10.1 Å². The fourth-order valence-corrected chi connectivity index (χ4v) is 15.7. The van der Waals surface area contributed by atoms with Crippen molar-refractivity contribution in [3.05, 3.63) is 154 Å².